The van der Waals surface area contributed by atoms with Gasteiger partial charge in [-0.3, -0.25) is 9.48 Å². The molecule has 0 aliphatic rings. The van der Waals surface area contributed by atoms with Crippen LogP contribution in [0.15, 0.2) is 30.6 Å². The smallest absolute Gasteiger partial charge is 0.259 e. The summed E-state index contributed by atoms with van der Waals surface area (Å²) in [4.78, 5) is 12.1. The van der Waals surface area contributed by atoms with Gasteiger partial charge < -0.3 is 10.4 Å². The van der Waals surface area contributed by atoms with Crippen LogP contribution in [0.4, 0.5) is 5.69 Å². The number of anilines is 1. The number of rotatable bonds is 3. The molecule has 2 aromatic rings. The summed E-state index contributed by atoms with van der Waals surface area (Å²) in [5.41, 5.74) is 1.54. The second kappa shape index (κ2) is 5.14. The van der Waals surface area contributed by atoms with E-state index in [1.54, 1.807) is 42.2 Å². The standard InChI is InChI=1S/C14H17N3O2/c1-9(2)17-8-11(7-15-17)16-14(19)12-6-4-5-10(3)13(12)18/h4-9,18H,1-3H3,(H,16,19). The van der Waals surface area contributed by atoms with Crippen LogP contribution >= 0.6 is 0 Å². The van der Waals surface area contributed by atoms with Crippen LogP contribution < -0.4 is 5.32 Å². The largest absolute Gasteiger partial charge is 0.507 e. The van der Waals surface area contributed by atoms with Gasteiger partial charge in [0.15, 0.2) is 0 Å². The van der Waals surface area contributed by atoms with Gasteiger partial charge in [0, 0.05) is 12.2 Å². The van der Waals surface area contributed by atoms with Gasteiger partial charge >= 0.3 is 0 Å². The molecule has 0 spiro atoms. The van der Waals surface area contributed by atoms with E-state index in [-0.39, 0.29) is 23.3 Å². The molecule has 0 saturated carbocycles. The van der Waals surface area contributed by atoms with E-state index >= 15 is 0 Å². The second-order valence-corrected chi connectivity index (χ2v) is 4.73. The van der Waals surface area contributed by atoms with Crippen LogP contribution in [0.2, 0.25) is 0 Å². The molecular weight excluding hydrogens is 242 g/mol. The zero-order chi connectivity index (χ0) is 14.0. The molecule has 0 aliphatic heterocycles. The number of nitrogens with one attached hydrogen (secondary N) is 1. The number of carbonyl (C=O) groups excluding carboxylic acids is 1. The van der Waals surface area contributed by atoms with Gasteiger partial charge in [-0.15, -0.1) is 0 Å². The molecule has 5 heteroatoms. The van der Waals surface area contributed by atoms with Crippen molar-refractivity contribution in [3.63, 3.8) is 0 Å². The maximum absolute atomic E-state index is 12.1. The molecule has 100 valence electrons. The van der Waals surface area contributed by atoms with Crippen molar-refractivity contribution in [3.8, 4) is 5.75 Å². The Morgan fingerprint density at radius 3 is 2.79 bits per heavy atom. The van der Waals surface area contributed by atoms with Crippen LogP contribution in [0, 0.1) is 6.92 Å². The normalized spacial score (nSPS) is 10.7. The van der Waals surface area contributed by atoms with Crippen molar-refractivity contribution in [2.24, 2.45) is 0 Å². The second-order valence-electron chi connectivity index (χ2n) is 4.73. The number of benzene rings is 1. The number of aromatic nitrogens is 2. The van der Waals surface area contributed by atoms with Crippen molar-refractivity contribution in [2.45, 2.75) is 26.8 Å². The third-order valence-electron chi connectivity index (χ3n) is 2.87. The third kappa shape index (κ3) is 2.76. The fourth-order valence-corrected chi connectivity index (χ4v) is 1.73. The average Bonchev–Trinajstić information content (AvgIpc) is 2.81. The van der Waals surface area contributed by atoms with Gasteiger partial charge in [-0.05, 0) is 32.4 Å². The number of phenols is 1. The Labute approximate surface area is 111 Å². The molecule has 1 amide bonds. The van der Waals surface area contributed by atoms with Crippen molar-refractivity contribution in [3.05, 3.63) is 41.7 Å². The van der Waals surface area contributed by atoms with Crippen LogP contribution in [0.1, 0.15) is 35.8 Å². The van der Waals surface area contributed by atoms with Crippen molar-refractivity contribution in [1.82, 2.24) is 9.78 Å². The van der Waals surface area contributed by atoms with Gasteiger partial charge in [-0.2, -0.15) is 5.10 Å². The zero-order valence-corrected chi connectivity index (χ0v) is 11.2. The van der Waals surface area contributed by atoms with Gasteiger partial charge in [0.05, 0.1) is 17.4 Å². The van der Waals surface area contributed by atoms with E-state index in [1.165, 1.54) is 0 Å². The predicted octanol–water partition coefficient (Wildman–Crippen LogP) is 2.73. The maximum atomic E-state index is 12.1. The molecule has 1 aromatic heterocycles. The first-order valence-corrected chi connectivity index (χ1v) is 6.13. The molecule has 0 radical (unpaired) electrons. The number of hydrogen-bond acceptors (Lipinski definition) is 3. The fraction of sp³-hybridized carbons (Fsp3) is 0.286. The van der Waals surface area contributed by atoms with E-state index in [1.807, 2.05) is 13.8 Å². The highest BCUT2D eigenvalue weighted by atomic mass is 16.3. The number of para-hydroxylation sites is 1. The van der Waals surface area contributed by atoms with Crippen LogP contribution in [0.25, 0.3) is 0 Å². The summed E-state index contributed by atoms with van der Waals surface area (Å²) in [6.07, 6.45) is 3.35. The first-order valence-electron chi connectivity index (χ1n) is 6.13. The van der Waals surface area contributed by atoms with Crippen molar-refractivity contribution >= 4 is 11.6 Å². The van der Waals surface area contributed by atoms with E-state index in [4.69, 9.17) is 0 Å². The molecule has 2 N–H and O–H groups in total. The van der Waals surface area contributed by atoms with Gasteiger partial charge in [0.25, 0.3) is 5.91 Å². The SMILES string of the molecule is Cc1cccc(C(=O)Nc2cnn(C(C)C)c2)c1O. The lowest BCUT2D eigenvalue weighted by Crippen LogP contribution is -2.12. The minimum Gasteiger partial charge on any atom is -0.507 e. The minimum atomic E-state index is -0.343. The first kappa shape index (κ1) is 13.1. The Morgan fingerprint density at radius 2 is 2.16 bits per heavy atom. The Morgan fingerprint density at radius 1 is 1.42 bits per heavy atom. The van der Waals surface area contributed by atoms with Gasteiger partial charge in [0.1, 0.15) is 5.75 Å². The lowest BCUT2D eigenvalue weighted by atomic mass is 10.1. The Bertz CT molecular complexity index is 602. The summed E-state index contributed by atoms with van der Waals surface area (Å²) >= 11 is 0. The van der Waals surface area contributed by atoms with E-state index in [0.29, 0.717) is 11.3 Å². The molecule has 2 rings (SSSR count). The number of aromatic hydroxyl groups is 1. The van der Waals surface area contributed by atoms with E-state index in [9.17, 15) is 9.90 Å². The molecule has 0 unspecified atom stereocenters. The van der Waals surface area contributed by atoms with Gasteiger partial charge in [0.2, 0.25) is 0 Å². The summed E-state index contributed by atoms with van der Waals surface area (Å²) < 4.78 is 1.76. The summed E-state index contributed by atoms with van der Waals surface area (Å²) in [6, 6.07) is 5.31. The predicted molar refractivity (Wildman–Crippen MR) is 73.4 cm³/mol. The van der Waals surface area contributed by atoms with Crippen molar-refractivity contribution < 1.29 is 9.90 Å². The number of hydrogen-bond donors (Lipinski definition) is 2. The highest BCUT2D eigenvalue weighted by Crippen LogP contribution is 2.22. The van der Waals surface area contributed by atoms with E-state index in [0.717, 1.165) is 0 Å². The first-order chi connectivity index (χ1) is 8.99. The van der Waals surface area contributed by atoms with Crippen LogP contribution in [0.3, 0.4) is 0 Å². The minimum absolute atomic E-state index is 0.0104. The summed E-state index contributed by atoms with van der Waals surface area (Å²) in [5, 5.41) is 16.7. The molecule has 0 bridgehead atoms. The summed E-state index contributed by atoms with van der Waals surface area (Å²) in [7, 11) is 0. The molecule has 0 fully saturated rings. The topological polar surface area (TPSA) is 67.2 Å². The molecule has 0 atom stereocenters. The lowest BCUT2D eigenvalue weighted by Gasteiger charge is -2.07. The molecule has 1 aromatic carbocycles. The summed E-state index contributed by atoms with van der Waals surface area (Å²) in [5.74, 6) is -0.333. The Hall–Kier alpha value is -2.30. The van der Waals surface area contributed by atoms with E-state index in [2.05, 4.69) is 10.4 Å². The van der Waals surface area contributed by atoms with Crippen molar-refractivity contribution in [1.29, 1.82) is 0 Å². The molecule has 19 heavy (non-hydrogen) atoms. The highest BCUT2D eigenvalue weighted by molar-refractivity contribution is 6.06. The lowest BCUT2D eigenvalue weighted by molar-refractivity contribution is 0.102. The quantitative estimate of drug-likeness (QED) is 0.890. The molecular formula is C14H17N3O2. The molecule has 0 aliphatic carbocycles. The number of amides is 1. The van der Waals surface area contributed by atoms with Crippen LogP contribution in [0.5, 0.6) is 5.75 Å². The summed E-state index contributed by atoms with van der Waals surface area (Å²) in [6.45, 7) is 5.76. The third-order valence-corrected chi connectivity index (χ3v) is 2.87. The van der Waals surface area contributed by atoms with Crippen LogP contribution in [-0.4, -0.2) is 20.8 Å². The fourth-order valence-electron chi connectivity index (χ4n) is 1.73. The van der Waals surface area contributed by atoms with Crippen molar-refractivity contribution in [2.75, 3.05) is 5.32 Å². The van der Waals surface area contributed by atoms with Gasteiger partial charge in [-0.25, -0.2) is 0 Å². The zero-order valence-electron chi connectivity index (χ0n) is 11.2. The number of phenolic OH excluding ortho intramolecular Hbond substituents is 1. The Kier molecular flexibility index (Phi) is 3.55. The van der Waals surface area contributed by atoms with Gasteiger partial charge in [-0.1, -0.05) is 12.1 Å². The molecule has 5 nitrogen and oxygen atoms in total. The van der Waals surface area contributed by atoms with Crippen LogP contribution in [-0.2, 0) is 0 Å². The van der Waals surface area contributed by atoms with E-state index < -0.39 is 0 Å². The molecule has 0 saturated heterocycles. The monoisotopic (exact) mass is 259 g/mol. The Balaban J connectivity index is 2.18. The number of carbonyl (C=O) groups is 1. The highest BCUT2D eigenvalue weighted by Gasteiger charge is 2.13. The number of aryl methyl sites for hydroxylation is 1. The molecule has 1 heterocycles. The average molecular weight is 259 g/mol. The maximum Gasteiger partial charge on any atom is 0.259 e. The number of nitrogens with zero attached hydrogens (tertiary/aromatic N) is 2.